The van der Waals surface area contributed by atoms with Crippen LogP contribution in [0.4, 0.5) is 0 Å². The van der Waals surface area contributed by atoms with Crippen LogP contribution >= 0.6 is 0 Å². The lowest BCUT2D eigenvalue weighted by Gasteiger charge is -2.19. The monoisotopic (exact) mass is 342 g/mol. The number of hydrogen-bond donors (Lipinski definition) is 1. The number of aryl methyl sites for hydroxylation is 1. The van der Waals surface area contributed by atoms with E-state index in [0.717, 1.165) is 16.7 Å². The highest BCUT2D eigenvalue weighted by molar-refractivity contribution is 5.75. The molecule has 2 aromatic carbocycles. The van der Waals surface area contributed by atoms with E-state index in [0.29, 0.717) is 11.3 Å². The molecule has 0 aliphatic rings. The SMILES string of the molecule is Cc1ccc(-c2cc(-c3ccc(C(C)(C)C)cc3)[nH]c(=O)c2C#N)cc1. The van der Waals surface area contributed by atoms with E-state index in [-0.39, 0.29) is 16.5 Å². The Bertz CT molecular complexity index is 1030. The normalized spacial score (nSPS) is 11.2. The Morgan fingerprint density at radius 3 is 2.04 bits per heavy atom. The number of nitrogens with one attached hydrogen (secondary N) is 1. The lowest BCUT2D eigenvalue weighted by atomic mass is 9.86. The zero-order chi connectivity index (χ0) is 18.9. The Hall–Kier alpha value is -3.12. The topological polar surface area (TPSA) is 56.6 Å². The Kier molecular flexibility index (Phi) is 4.52. The maximum atomic E-state index is 12.5. The third kappa shape index (κ3) is 3.45. The minimum atomic E-state index is -0.361. The van der Waals surface area contributed by atoms with Crippen molar-refractivity contribution in [1.29, 1.82) is 5.26 Å². The molecular formula is C23H22N2O. The molecule has 3 nitrogen and oxygen atoms in total. The second-order valence-corrected chi connectivity index (χ2v) is 7.61. The van der Waals surface area contributed by atoms with Gasteiger partial charge in [0, 0.05) is 11.3 Å². The first-order valence-electron chi connectivity index (χ1n) is 8.65. The Labute approximate surface area is 154 Å². The zero-order valence-electron chi connectivity index (χ0n) is 15.6. The molecule has 3 rings (SSSR count). The molecule has 0 amide bonds. The minimum Gasteiger partial charge on any atom is -0.321 e. The van der Waals surface area contributed by atoms with Crippen LogP contribution in [0.5, 0.6) is 0 Å². The minimum absolute atomic E-state index is 0.0731. The average molecular weight is 342 g/mol. The molecule has 1 aromatic heterocycles. The molecule has 0 saturated carbocycles. The van der Waals surface area contributed by atoms with Gasteiger partial charge in [-0.1, -0.05) is 74.9 Å². The van der Waals surface area contributed by atoms with E-state index in [4.69, 9.17) is 0 Å². The Balaban J connectivity index is 2.14. The number of nitriles is 1. The van der Waals surface area contributed by atoms with Crippen LogP contribution in [0.2, 0.25) is 0 Å². The third-order valence-electron chi connectivity index (χ3n) is 4.57. The molecule has 3 aromatic rings. The number of pyridine rings is 1. The van der Waals surface area contributed by atoms with Crippen LogP contribution in [0.15, 0.2) is 59.4 Å². The van der Waals surface area contributed by atoms with Crippen molar-refractivity contribution in [3.63, 3.8) is 0 Å². The van der Waals surface area contributed by atoms with Gasteiger partial charge in [0.2, 0.25) is 0 Å². The highest BCUT2D eigenvalue weighted by Gasteiger charge is 2.15. The summed E-state index contributed by atoms with van der Waals surface area (Å²) in [5.74, 6) is 0. The summed E-state index contributed by atoms with van der Waals surface area (Å²) in [4.78, 5) is 15.3. The van der Waals surface area contributed by atoms with Crippen molar-refractivity contribution in [2.24, 2.45) is 0 Å². The van der Waals surface area contributed by atoms with Gasteiger partial charge in [-0.3, -0.25) is 4.79 Å². The molecule has 0 aliphatic carbocycles. The van der Waals surface area contributed by atoms with Gasteiger partial charge in [-0.2, -0.15) is 5.26 Å². The summed E-state index contributed by atoms with van der Waals surface area (Å²) in [7, 11) is 0. The van der Waals surface area contributed by atoms with Crippen molar-refractivity contribution in [3.8, 4) is 28.5 Å². The van der Waals surface area contributed by atoms with Crippen LogP contribution in [0.1, 0.15) is 37.5 Å². The lowest BCUT2D eigenvalue weighted by molar-refractivity contribution is 0.590. The van der Waals surface area contributed by atoms with E-state index < -0.39 is 0 Å². The summed E-state index contributed by atoms with van der Waals surface area (Å²) in [6.07, 6.45) is 0. The van der Waals surface area contributed by atoms with E-state index in [2.05, 4.69) is 37.9 Å². The largest absolute Gasteiger partial charge is 0.321 e. The number of benzene rings is 2. The van der Waals surface area contributed by atoms with Gasteiger partial charge in [-0.05, 0) is 35.1 Å². The molecular weight excluding hydrogens is 320 g/mol. The summed E-state index contributed by atoms with van der Waals surface area (Å²) in [5, 5.41) is 9.43. The molecule has 0 bridgehead atoms. The summed E-state index contributed by atoms with van der Waals surface area (Å²) in [5.41, 5.74) is 5.38. The fraction of sp³-hybridized carbons (Fsp3) is 0.217. The first kappa shape index (κ1) is 17.7. The van der Waals surface area contributed by atoms with Crippen LogP contribution in [-0.2, 0) is 5.41 Å². The number of nitrogens with zero attached hydrogens (tertiary/aromatic N) is 1. The van der Waals surface area contributed by atoms with Crippen LogP contribution in [-0.4, -0.2) is 4.98 Å². The van der Waals surface area contributed by atoms with Gasteiger partial charge in [-0.15, -0.1) is 0 Å². The zero-order valence-corrected chi connectivity index (χ0v) is 15.6. The smallest absolute Gasteiger partial charge is 0.266 e. The third-order valence-corrected chi connectivity index (χ3v) is 4.57. The van der Waals surface area contributed by atoms with Crippen molar-refractivity contribution in [2.75, 3.05) is 0 Å². The molecule has 0 atom stereocenters. The molecule has 0 spiro atoms. The predicted octanol–water partition coefficient (Wildman–Crippen LogP) is 5.19. The second kappa shape index (κ2) is 6.65. The maximum absolute atomic E-state index is 12.5. The quantitative estimate of drug-likeness (QED) is 0.697. The van der Waals surface area contributed by atoms with Gasteiger partial charge >= 0.3 is 0 Å². The van der Waals surface area contributed by atoms with Crippen molar-refractivity contribution in [2.45, 2.75) is 33.1 Å². The molecule has 0 unspecified atom stereocenters. The highest BCUT2D eigenvalue weighted by Crippen LogP contribution is 2.28. The summed E-state index contributed by atoms with van der Waals surface area (Å²) < 4.78 is 0. The standard InChI is InChI=1S/C23H22N2O/c1-15-5-7-16(8-6-15)19-13-21(25-22(26)20(19)14-24)17-9-11-18(12-10-17)23(2,3)4/h5-13H,1-4H3,(H,25,26). The fourth-order valence-electron chi connectivity index (χ4n) is 2.94. The van der Waals surface area contributed by atoms with Crippen molar-refractivity contribution in [1.82, 2.24) is 4.98 Å². The molecule has 0 radical (unpaired) electrons. The molecule has 0 aliphatic heterocycles. The molecule has 1 N–H and O–H groups in total. The number of H-pyrrole nitrogens is 1. The maximum Gasteiger partial charge on any atom is 0.266 e. The van der Waals surface area contributed by atoms with E-state index in [1.54, 1.807) is 0 Å². The first-order chi connectivity index (χ1) is 12.3. The second-order valence-electron chi connectivity index (χ2n) is 7.61. The Morgan fingerprint density at radius 1 is 0.923 bits per heavy atom. The van der Waals surface area contributed by atoms with E-state index in [1.165, 1.54) is 5.56 Å². The van der Waals surface area contributed by atoms with E-state index in [9.17, 15) is 10.1 Å². The molecule has 0 fully saturated rings. The fourth-order valence-corrected chi connectivity index (χ4v) is 2.94. The van der Waals surface area contributed by atoms with Crippen LogP contribution < -0.4 is 5.56 Å². The number of hydrogen-bond acceptors (Lipinski definition) is 2. The predicted molar refractivity (Wildman–Crippen MR) is 106 cm³/mol. The molecule has 3 heteroatoms. The molecule has 26 heavy (non-hydrogen) atoms. The van der Waals surface area contributed by atoms with E-state index >= 15 is 0 Å². The van der Waals surface area contributed by atoms with E-state index in [1.807, 2.05) is 55.5 Å². The average Bonchev–Trinajstić information content (AvgIpc) is 2.61. The summed E-state index contributed by atoms with van der Waals surface area (Å²) >= 11 is 0. The van der Waals surface area contributed by atoms with Gasteiger partial charge in [0.25, 0.3) is 5.56 Å². The number of aromatic nitrogens is 1. The van der Waals surface area contributed by atoms with Crippen molar-refractivity contribution < 1.29 is 0 Å². The Morgan fingerprint density at radius 2 is 1.50 bits per heavy atom. The summed E-state index contributed by atoms with van der Waals surface area (Å²) in [6.45, 7) is 8.51. The number of aromatic amines is 1. The van der Waals surface area contributed by atoms with Gasteiger partial charge in [0.05, 0.1) is 0 Å². The lowest BCUT2D eigenvalue weighted by Crippen LogP contribution is -2.13. The van der Waals surface area contributed by atoms with Crippen LogP contribution in [0.25, 0.3) is 22.4 Å². The molecule has 0 saturated heterocycles. The van der Waals surface area contributed by atoms with Crippen molar-refractivity contribution >= 4 is 0 Å². The number of rotatable bonds is 2. The molecule has 1 heterocycles. The van der Waals surface area contributed by atoms with Crippen LogP contribution in [0, 0.1) is 18.3 Å². The van der Waals surface area contributed by atoms with Gasteiger partial charge in [0.1, 0.15) is 11.6 Å². The van der Waals surface area contributed by atoms with Gasteiger partial charge in [0.15, 0.2) is 0 Å². The highest BCUT2D eigenvalue weighted by atomic mass is 16.1. The first-order valence-corrected chi connectivity index (χ1v) is 8.65. The van der Waals surface area contributed by atoms with Gasteiger partial charge in [-0.25, -0.2) is 0 Å². The summed E-state index contributed by atoms with van der Waals surface area (Å²) in [6, 6.07) is 20.0. The van der Waals surface area contributed by atoms with Gasteiger partial charge < -0.3 is 4.98 Å². The molecule has 130 valence electrons. The van der Waals surface area contributed by atoms with Crippen LogP contribution in [0.3, 0.4) is 0 Å². The van der Waals surface area contributed by atoms with Crippen molar-refractivity contribution in [3.05, 3.63) is 81.6 Å².